The smallest absolute Gasteiger partial charge is 0.234 e. The molecule has 1 aliphatic rings. The zero-order valence-corrected chi connectivity index (χ0v) is 9.24. The zero-order valence-electron chi connectivity index (χ0n) is 9.24. The van der Waals surface area contributed by atoms with E-state index < -0.39 is 0 Å². The largest absolute Gasteiger partial charge is 0.392 e. The van der Waals surface area contributed by atoms with Crippen LogP contribution >= 0.6 is 0 Å². The molecule has 0 saturated carbocycles. The van der Waals surface area contributed by atoms with Crippen molar-refractivity contribution in [3.63, 3.8) is 0 Å². The summed E-state index contributed by atoms with van der Waals surface area (Å²) in [4.78, 5) is 13.4. The monoisotopic (exact) mass is 216 g/mol. The Morgan fingerprint density at radius 1 is 1.67 bits per heavy atom. The number of carbonyl (C=O) groups is 1. The highest BCUT2D eigenvalue weighted by Gasteiger charge is 2.21. The molecule has 5 heteroatoms. The molecular formula is C10H20N2O3. The molecule has 1 fully saturated rings. The molecule has 0 aromatic heterocycles. The van der Waals surface area contributed by atoms with E-state index in [-0.39, 0.29) is 12.0 Å². The Bertz CT molecular complexity index is 199. The van der Waals surface area contributed by atoms with Gasteiger partial charge in [0.15, 0.2) is 0 Å². The number of ether oxygens (including phenoxy) is 1. The van der Waals surface area contributed by atoms with Crippen LogP contribution in [-0.2, 0) is 9.53 Å². The van der Waals surface area contributed by atoms with Crippen molar-refractivity contribution in [1.29, 1.82) is 0 Å². The van der Waals surface area contributed by atoms with Crippen molar-refractivity contribution < 1.29 is 14.6 Å². The molecule has 15 heavy (non-hydrogen) atoms. The van der Waals surface area contributed by atoms with Crippen LogP contribution in [0.2, 0.25) is 0 Å². The van der Waals surface area contributed by atoms with Gasteiger partial charge in [0, 0.05) is 33.4 Å². The van der Waals surface area contributed by atoms with E-state index in [0.29, 0.717) is 26.2 Å². The first kappa shape index (κ1) is 12.4. The summed E-state index contributed by atoms with van der Waals surface area (Å²) in [5.74, 6) is 0.0280. The van der Waals surface area contributed by atoms with Crippen LogP contribution in [0.3, 0.4) is 0 Å². The maximum absolute atomic E-state index is 11.4. The van der Waals surface area contributed by atoms with Crippen LogP contribution in [0.5, 0.6) is 0 Å². The van der Waals surface area contributed by atoms with E-state index in [1.54, 1.807) is 7.11 Å². The average molecular weight is 216 g/mol. The minimum absolute atomic E-state index is 0.0280. The van der Waals surface area contributed by atoms with E-state index in [2.05, 4.69) is 5.32 Å². The van der Waals surface area contributed by atoms with E-state index >= 15 is 0 Å². The molecule has 1 atom stereocenters. The summed E-state index contributed by atoms with van der Waals surface area (Å²) in [7, 11) is 1.65. The number of rotatable bonds is 6. The second kappa shape index (κ2) is 6.76. The van der Waals surface area contributed by atoms with Gasteiger partial charge in [-0.25, -0.2) is 0 Å². The zero-order chi connectivity index (χ0) is 11.1. The predicted molar refractivity (Wildman–Crippen MR) is 56.6 cm³/mol. The van der Waals surface area contributed by atoms with Crippen molar-refractivity contribution in [2.24, 2.45) is 0 Å². The number of nitrogens with one attached hydrogen (secondary N) is 1. The molecule has 0 radical (unpaired) electrons. The van der Waals surface area contributed by atoms with Gasteiger partial charge in [0.1, 0.15) is 0 Å². The fraction of sp³-hybridized carbons (Fsp3) is 0.900. The van der Waals surface area contributed by atoms with E-state index in [1.807, 2.05) is 4.90 Å². The van der Waals surface area contributed by atoms with Gasteiger partial charge in [-0.05, 0) is 12.8 Å². The molecule has 0 aromatic rings. The lowest BCUT2D eigenvalue weighted by atomic mass is 10.3. The minimum Gasteiger partial charge on any atom is -0.392 e. The van der Waals surface area contributed by atoms with Gasteiger partial charge in [-0.2, -0.15) is 0 Å². The number of aliphatic hydroxyl groups is 1. The first-order chi connectivity index (χ1) is 7.22. The lowest BCUT2D eigenvalue weighted by molar-refractivity contribution is -0.122. The van der Waals surface area contributed by atoms with Gasteiger partial charge in [0.2, 0.25) is 5.91 Å². The van der Waals surface area contributed by atoms with Crippen LogP contribution in [0.1, 0.15) is 12.8 Å². The minimum atomic E-state index is -0.258. The lowest BCUT2D eigenvalue weighted by Gasteiger charge is -2.14. The SMILES string of the molecule is COCCCNC(=O)CN1CCC(O)C1. The van der Waals surface area contributed by atoms with Gasteiger partial charge >= 0.3 is 0 Å². The maximum atomic E-state index is 11.4. The lowest BCUT2D eigenvalue weighted by Crippen LogP contribution is -2.37. The molecule has 1 rings (SSSR count). The van der Waals surface area contributed by atoms with Crippen molar-refractivity contribution in [3.05, 3.63) is 0 Å². The third kappa shape index (κ3) is 5.11. The van der Waals surface area contributed by atoms with Gasteiger partial charge in [0.25, 0.3) is 0 Å². The first-order valence-electron chi connectivity index (χ1n) is 5.38. The molecule has 1 aliphatic heterocycles. The fourth-order valence-electron chi connectivity index (χ4n) is 1.66. The summed E-state index contributed by atoms with van der Waals surface area (Å²) in [5, 5.41) is 12.1. The summed E-state index contributed by atoms with van der Waals surface area (Å²) >= 11 is 0. The van der Waals surface area contributed by atoms with Gasteiger partial charge in [-0.15, -0.1) is 0 Å². The van der Waals surface area contributed by atoms with Gasteiger partial charge in [0.05, 0.1) is 12.6 Å². The Morgan fingerprint density at radius 2 is 2.47 bits per heavy atom. The molecule has 5 nitrogen and oxygen atoms in total. The number of β-amino-alcohol motifs (C(OH)–C–C–N with tert-alkyl or cyclic N) is 1. The molecule has 0 aromatic carbocycles. The number of aliphatic hydroxyl groups excluding tert-OH is 1. The van der Waals surface area contributed by atoms with Crippen molar-refractivity contribution in [1.82, 2.24) is 10.2 Å². The Hall–Kier alpha value is -0.650. The molecule has 0 bridgehead atoms. The Labute approximate surface area is 90.4 Å². The van der Waals surface area contributed by atoms with Gasteiger partial charge < -0.3 is 15.2 Å². The van der Waals surface area contributed by atoms with Crippen molar-refractivity contribution in [2.45, 2.75) is 18.9 Å². The van der Waals surface area contributed by atoms with E-state index in [1.165, 1.54) is 0 Å². The number of methoxy groups -OCH3 is 1. The highest BCUT2D eigenvalue weighted by molar-refractivity contribution is 5.78. The molecule has 1 unspecified atom stereocenters. The second-order valence-electron chi connectivity index (χ2n) is 3.87. The summed E-state index contributed by atoms with van der Waals surface area (Å²) in [5.41, 5.74) is 0. The first-order valence-corrected chi connectivity index (χ1v) is 5.38. The third-order valence-corrected chi connectivity index (χ3v) is 2.46. The number of amides is 1. The number of hydrogen-bond acceptors (Lipinski definition) is 4. The average Bonchev–Trinajstić information content (AvgIpc) is 2.59. The Kier molecular flexibility index (Phi) is 5.60. The number of carbonyl (C=O) groups excluding carboxylic acids is 1. The number of likely N-dealkylation sites (tertiary alicyclic amines) is 1. The third-order valence-electron chi connectivity index (χ3n) is 2.46. The molecule has 2 N–H and O–H groups in total. The van der Waals surface area contributed by atoms with E-state index in [0.717, 1.165) is 19.4 Å². The van der Waals surface area contributed by atoms with Crippen LogP contribution in [0.4, 0.5) is 0 Å². The molecule has 1 heterocycles. The Morgan fingerprint density at radius 3 is 3.07 bits per heavy atom. The molecule has 1 amide bonds. The normalized spacial score (nSPS) is 21.9. The molecular weight excluding hydrogens is 196 g/mol. The van der Waals surface area contributed by atoms with Crippen molar-refractivity contribution >= 4 is 5.91 Å². The summed E-state index contributed by atoms with van der Waals surface area (Å²) in [6.07, 6.45) is 1.35. The van der Waals surface area contributed by atoms with Crippen molar-refractivity contribution in [2.75, 3.05) is 39.9 Å². The van der Waals surface area contributed by atoms with Gasteiger partial charge in [-0.3, -0.25) is 9.69 Å². The summed E-state index contributed by atoms with van der Waals surface area (Å²) in [6, 6.07) is 0. The van der Waals surface area contributed by atoms with Crippen LogP contribution < -0.4 is 5.32 Å². The Balaban J connectivity index is 2.03. The van der Waals surface area contributed by atoms with E-state index in [9.17, 15) is 9.90 Å². The molecule has 0 aliphatic carbocycles. The molecule has 0 spiro atoms. The topological polar surface area (TPSA) is 61.8 Å². The maximum Gasteiger partial charge on any atom is 0.234 e. The highest BCUT2D eigenvalue weighted by Crippen LogP contribution is 2.07. The van der Waals surface area contributed by atoms with Crippen LogP contribution in [0, 0.1) is 0 Å². The number of nitrogens with zero attached hydrogens (tertiary/aromatic N) is 1. The van der Waals surface area contributed by atoms with Gasteiger partial charge in [-0.1, -0.05) is 0 Å². The molecule has 1 saturated heterocycles. The van der Waals surface area contributed by atoms with Crippen LogP contribution in [-0.4, -0.2) is 61.9 Å². The van der Waals surface area contributed by atoms with Crippen LogP contribution in [0.15, 0.2) is 0 Å². The van der Waals surface area contributed by atoms with E-state index in [4.69, 9.17) is 4.74 Å². The number of hydrogen-bond donors (Lipinski definition) is 2. The quantitative estimate of drug-likeness (QED) is 0.571. The molecule has 88 valence electrons. The standard InChI is InChI=1S/C10H20N2O3/c1-15-6-2-4-11-10(14)8-12-5-3-9(13)7-12/h9,13H,2-8H2,1H3,(H,11,14). The second-order valence-corrected chi connectivity index (χ2v) is 3.87. The summed E-state index contributed by atoms with van der Waals surface area (Å²) < 4.78 is 4.88. The van der Waals surface area contributed by atoms with Crippen LogP contribution in [0.25, 0.3) is 0 Å². The summed E-state index contributed by atoms with van der Waals surface area (Å²) in [6.45, 7) is 3.15. The van der Waals surface area contributed by atoms with Crippen molar-refractivity contribution in [3.8, 4) is 0 Å². The highest BCUT2D eigenvalue weighted by atomic mass is 16.5. The predicted octanol–water partition coefficient (Wildman–Crippen LogP) is -0.794. The fourth-order valence-corrected chi connectivity index (χ4v) is 1.66.